The summed E-state index contributed by atoms with van der Waals surface area (Å²) in [6, 6.07) is 0. The predicted octanol–water partition coefficient (Wildman–Crippen LogP) is 2.08. The van der Waals surface area contributed by atoms with Gasteiger partial charge < -0.3 is 0 Å². The van der Waals surface area contributed by atoms with Gasteiger partial charge in [-0.3, -0.25) is 4.79 Å². The van der Waals surface area contributed by atoms with Crippen LogP contribution in [0.4, 0.5) is 22.0 Å². The van der Waals surface area contributed by atoms with E-state index in [2.05, 4.69) is 0 Å². The van der Waals surface area contributed by atoms with Crippen molar-refractivity contribution in [2.24, 2.45) is 0 Å². The first kappa shape index (κ1) is 12.2. The number of rotatable bonds is 0. The highest BCUT2D eigenvalue weighted by atomic mass is 32.2. The second-order valence-electron chi connectivity index (χ2n) is 1.81. The van der Waals surface area contributed by atoms with Crippen molar-refractivity contribution in [2.45, 2.75) is 12.1 Å². The summed E-state index contributed by atoms with van der Waals surface area (Å²) in [5.41, 5.74) is 0. The lowest BCUT2D eigenvalue weighted by Crippen LogP contribution is -2.34. The molecule has 0 aromatic carbocycles. The molecule has 0 radical (unpaired) electrons. The zero-order valence-corrected chi connectivity index (χ0v) is 7.02. The summed E-state index contributed by atoms with van der Waals surface area (Å²) >= 11 is 0.463. The van der Waals surface area contributed by atoms with E-state index in [-0.39, 0.29) is 0 Å². The van der Waals surface area contributed by atoms with Crippen LogP contribution in [0.3, 0.4) is 0 Å². The average molecular weight is 218 g/mol. The Hall–Kier alpha value is -0.770. The molecule has 0 atom stereocenters. The number of hydrogen-bond donors (Lipinski definition) is 0. The van der Waals surface area contributed by atoms with E-state index in [1.165, 1.54) is 12.2 Å². The van der Waals surface area contributed by atoms with Crippen molar-refractivity contribution in [2.75, 3.05) is 6.26 Å². The molecule has 7 heteroatoms. The van der Waals surface area contributed by atoms with E-state index in [0.717, 1.165) is 0 Å². The monoisotopic (exact) mass is 218 g/mol. The van der Waals surface area contributed by atoms with E-state index in [4.69, 9.17) is 0 Å². The van der Waals surface area contributed by atoms with Crippen LogP contribution in [-0.2, 0) is 4.79 Å². The second kappa shape index (κ2) is 3.96. The molecule has 74 valence electrons. The number of carbonyl (C=O) groups excluding carboxylic acids is 1. The van der Waals surface area contributed by atoms with Crippen LogP contribution in [0.15, 0.2) is 0 Å². The van der Waals surface area contributed by atoms with Gasteiger partial charge in [-0.1, -0.05) is 11.8 Å². The predicted molar refractivity (Wildman–Crippen MR) is 37.3 cm³/mol. The van der Waals surface area contributed by atoms with Crippen molar-refractivity contribution in [3.63, 3.8) is 0 Å². The Morgan fingerprint density at radius 3 is 2.00 bits per heavy atom. The van der Waals surface area contributed by atoms with E-state index in [1.54, 1.807) is 0 Å². The van der Waals surface area contributed by atoms with Crippen LogP contribution in [0.25, 0.3) is 0 Å². The molecule has 0 spiro atoms. The summed E-state index contributed by atoms with van der Waals surface area (Å²) in [6.45, 7) is 0. The molecule has 0 aliphatic carbocycles. The summed E-state index contributed by atoms with van der Waals surface area (Å²) in [5, 5.41) is -1.04. The zero-order chi connectivity index (χ0) is 10.7. The van der Waals surface area contributed by atoms with Gasteiger partial charge in [-0.25, -0.2) is 0 Å². The SMILES string of the molecule is CSC(=O)C#CC(F)(F)C(F)(F)F. The molecule has 13 heavy (non-hydrogen) atoms. The van der Waals surface area contributed by atoms with Crippen molar-refractivity contribution in [3.05, 3.63) is 0 Å². The van der Waals surface area contributed by atoms with E-state index in [1.807, 2.05) is 0 Å². The minimum absolute atomic E-state index is 0.463. The molecule has 0 saturated carbocycles. The zero-order valence-electron chi connectivity index (χ0n) is 6.21. The first-order valence-electron chi connectivity index (χ1n) is 2.76. The van der Waals surface area contributed by atoms with E-state index >= 15 is 0 Å². The van der Waals surface area contributed by atoms with E-state index in [0.29, 0.717) is 17.7 Å². The van der Waals surface area contributed by atoms with Crippen LogP contribution in [0.2, 0.25) is 0 Å². The third kappa shape index (κ3) is 3.63. The van der Waals surface area contributed by atoms with Gasteiger partial charge in [-0.15, -0.1) is 0 Å². The Morgan fingerprint density at radius 1 is 1.23 bits per heavy atom. The number of carbonyl (C=O) groups is 1. The molecular weight excluding hydrogens is 215 g/mol. The molecule has 0 N–H and O–H groups in total. The van der Waals surface area contributed by atoms with Crippen molar-refractivity contribution in [3.8, 4) is 11.8 Å². The lowest BCUT2D eigenvalue weighted by atomic mass is 10.3. The Morgan fingerprint density at radius 2 is 1.69 bits per heavy atom. The highest BCUT2D eigenvalue weighted by Crippen LogP contribution is 2.34. The molecule has 0 bridgehead atoms. The van der Waals surface area contributed by atoms with Crippen LogP contribution < -0.4 is 0 Å². The van der Waals surface area contributed by atoms with Crippen LogP contribution >= 0.6 is 11.8 Å². The normalized spacial score (nSPS) is 11.8. The molecule has 0 aromatic rings. The third-order valence-electron chi connectivity index (χ3n) is 0.863. The van der Waals surface area contributed by atoms with Gasteiger partial charge >= 0.3 is 12.1 Å². The largest absolute Gasteiger partial charge is 0.466 e. The number of hydrogen-bond acceptors (Lipinski definition) is 2. The molecule has 0 fully saturated rings. The number of halogens is 5. The van der Waals surface area contributed by atoms with Crippen LogP contribution in [-0.4, -0.2) is 23.5 Å². The molecule has 0 rings (SSSR count). The molecule has 0 aliphatic heterocycles. The van der Waals surface area contributed by atoms with E-state index in [9.17, 15) is 26.7 Å². The lowest BCUT2D eigenvalue weighted by Gasteiger charge is -2.12. The summed E-state index contributed by atoms with van der Waals surface area (Å²) in [6.07, 6.45) is -4.51. The molecular formula is C6H3F5OS. The van der Waals surface area contributed by atoms with Gasteiger partial charge in [0.25, 0.3) is 5.12 Å². The molecule has 0 heterocycles. The van der Waals surface area contributed by atoms with Gasteiger partial charge in [0.05, 0.1) is 0 Å². The molecule has 0 saturated heterocycles. The fourth-order valence-corrected chi connectivity index (χ4v) is 0.405. The van der Waals surface area contributed by atoms with Gasteiger partial charge in [-0.2, -0.15) is 22.0 Å². The van der Waals surface area contributed by atoms with Gasteiger partial charge in [0.1, 0.15) is 0 Å². The maximum absolute atomic E-state index is 12.0. The quantitative estimate of drug-likeness (QED) is 0.457. The minimum atomic E-state index is -5.74. The van der Waals surface area contributed by atoms with Crippen LogP contribution in [0, 0.1) is 11.8 Å². The molecule has 0 aliphatic rings. The molecule has 0 amide bonds. The summed E-state index contributed by atoms with van der Waals surface area (Å²) < 4.78 is 58.2. The fraction of sp³-hybridized carbons (Fsp3) is 0.500. The van der Waals surface area contributed by atoms with Crippen molar-refractivity contribution in [1.82, 2.24) is 0 Å². The topological polar surface area (TPSA) is 17.1 Å². The first-order chi connectivity index (χ1) is 5.70. The smallest absolute Gasteiger partial charge is 0.272 e. The Kier molecular flexibility index (Phi) is 3.72. The standard InChI is InChI=1S/C6H3F5OS/c1-13-4(12)2-3-5(7,8)6(9,10)11/h1H3. The molecule has 1 nitrogen and oxygen atoms in total. The van der Waals surface area contributed by atoms with E-state index < -0.39 is 17.2 Å². The first-order valence-corrected chi connectivity index (χ1v) is 3.99. The number of alkyl halides is 5. The summed E-state index contributed by atoms with van der Waals surface area (Å²) in [7, 11) is 0. The van der Waals surface area contributed by atoms with Crippen LogP contribution in [0.5, 0.6) is 0 Å². The Bertz CT molecular complexity index is 258. The summed E-state index contributed by atoms with van der Waals surface area (Å²) in [5.74, 6) is -3.37. The van der Waals surface area contributed by atoms with Gasteiger partial charge in [0, 0.05) is 0 Å². The van der Waals surface area contributed by atoms with Crippen molar-refractivity contribution < 1.29 is 26.7 Å². The van der Waals surface area contributed by atoms with Gasteiger partial charge in [0.15, 0.2) is 0 Å². The van der Waals surface area contributed by atoms with Gasteiger partial charge in [0.2, 0.25) is 0 Å². The van der Waals surface area contributed by atoms with Gasteiger partial charge in [-0.05, 0) is 18.1 Å². The Balaban J connectivity index is 4.66. The van der Waals surface area contributed by atoms with Crippen LogP contribution in [0.1, 0.15) is 0 Å². The lowest BCUT2D eigenvalue weighted by molar-refractivity contribution is -0.254. The average Bonchev–Trinajstić information content (AvgIpc) is 1.98. The minimum Gasteiger partial charge on any atom is -0.272 e. The highest BCUT2D eigenvalue weighted by Gasteiger charge is 2.56. The van der Waals surface area contributed by atoms with Crippen molar-refractivity contribution in [1.29, 1.82) is 0 Å². The highest BCUT2D eigenvalue weighted by molar-refractivity contribution is 8.13. The maximum atomic E-state index is 12.0. The third-order valence-corrected chi connectivity index (χ3v) is 1.34. The Labute approximate surface area is 74.7 Å². The summed E-state index contributed by atoms with van der Waals surface area (Å²) in [4.78, 5) is 10.3. The fourth-order valence-electron chi connectivity index (χ4n) is 0.251. The maximum Gasteiger partial charge on any atom is 0.466 e. The van der Waals surface area contributed by atoms with Crippen molar-refractivity contribution >= 4 is 16.9 Å². The molecule has 0 unspecified atom stereocenters. The second-order valence-corrected chi connectivity index (χ2v) is 2.59. The number of thioether (sulfide) groups is 1. The molecule has 0 aromatic heterocycles.